The molecule has 0 spiro atoms. The second-order valence-corrected chi connectivity index (χ2v) is 7.55. The van der Waals surface area contributed by atoms with Crippen molar-refractivity contribution in [3.05, 3.63) is 18.2 Å². The second-order valence-electron chi connectivity index (χ2n) is 4.70. The maximum absolute atomic E-state index is 12.1. The summed E-state index contributed by atoms with van der Waals surface area (Å²) in [6.45, 7) is 0. The van der Waals surface area contributed by atoms with Gasteiger partial charge in [-0.05, 0) is 31.0 Å². The van der Waals surface area contributed by atoms with E-state index in [4.69, 9.17) is 0 Å². The molecule has 1 aliphatic carbocycles. The fourth-order valence-electron chi connectivity index (χ4n) is 1.85. The van der Waals surface area contributed by atoms with E-state index in [-0.39, 0.29) is 16.8 Å². The molecule has 7 heteroatoms. The monoisotopic (exact) mass is 298 g/mol. The summed E-state index contributed by atoms with van der Waals surface area (Å²) < 4.78 is 26.8. The molecule has 5 nitrogen and oxygen atoms in total. The zero-order chi connectivity index (χ0) is 13.5. The van der Waals surface area contributed by atoms with Crippen molar-refractivity contribution in [2.45, 2.75) is 35.1 Å². The number of amides is 1. The Labute approximate surface area is 116 Å². The van der Waals surface area contributed by atoms with Crippen molar-refractivity contribution in [1.82, 2.24) is 4.72 Å². The molecule has 0 bridgehead atoms. The highest BCUT2D eigenvalue weighted by Crippen LogP contribution is 2.33. The molecule has 0 aromatic heterocycles. The Kier molecular flexibility index (Phi) is 3.28. The zero-order valence-corrected chi connectivity index (χ0v) is 11.8. The lowest BCUT2D eigenvalue weighted by atomic mass is 10.3. The minimum Gasteiger partial charge on any atom is -0.325 e. The first-order valence-corrected chi connectivity index (χ1v) is 8.60. The molecular formula is C12H14N2O3S2. The first-order valence-electron chi connectivity index (χ1n) is 6.14. The lowest BCUT2D eigenvalue weighted by Gasteiger charge is -2.10. The Balaban J connectivity index is 1.93. The third-order valence-corrected chi connectivity index (χ3v) is 5.61. The molecule has 3 rings (SSSR count). The van der Waals surface area contributed by atoms with Crippen LogP contribution < -0.4 is 10.0 Å². The highest BCUT2D eigenvalue weighted by Gasteiger charge is 2.28. The summed E-state index contributed by atoms with van der Waals surface area (Å²) in [4.78, 5) is 12.6. The fourth-order valence-corrected chi connectivity index (χ4v) is 4.12. The minimum atomic E-state index is -3.47. The summed E-state index contributed by atoms with van der Waals surface area (Å²) in [5, 5.41) is 2.75. The number of sulfonamides is 1. The summed E-state index contributed by atoms with van der Waals surface area (Å²) in [6.07, 6.45) is 2.25. The van der Waals surface area contributed by atoms with Crippen LogP contribution in [0.2, 0.25) is 0 Å². The second kappa shape index (κ2) is 4.81. The molecule has 2 N–H and O–H groups in total. The lowest BCUT2D eigenvalue weighted by Crippen LogP contribution is -2.25. The molecule has 19 heavy (non-hydrogen) atoms. The van der Waals surface area contributed by atoms with Gasteiger partial charge in [0.25, 0.3) is 0 Å². The van der Waals surface area contributed by atoms with Crippen LogP contribution in [0.25, 0.3) is 0 Å². The quantitative estimate of drug-likeness (QED) is 0.888. The molecule has 1 aromatic carbocycles. The van der Waals surface area contributed by atoms with Crippen LogP contribution in [-0.2, 0) is 14.8 Å². The summed E-state index contributed by atoms with van der Waals surface area (Å²) in [7, 11) is -3.47. The molecule has 1 aliphatic heterocycles. The topological polar surface area (TPSA) is 75.3 Å². The smallest absolute Gasteiger partial charge is 0.240 e. The van der Waals surface area contributed by atoms with Crippen LogP contribution in [0.1, 0.15) is 19.3 Å². The predicted octanol–water partition coefficient (Wildman–Crippen LogP) is 1.56. The number of carbonyl (C=O) groups is 1. The van der Waals surface area contributed by atoms with E-state index < -0.39 is 10.0 Å². The number of fused-ring (bicyclic) bond motifs is 1. The molecule has 1 amide bonds. The first kappa shape index (κ1) is 13.0. The maximum Gasteiger partial charge on any atom is 0.240 e. The number of thioether (sulfide) groups is 1. The SMILES string of the molecule is O=C1CCSc2ccc(S(=O)(=O)NC3CC3)cc2N1. The molecule has 1 aromatic rings. The average molecular weight is 298 g/mol. The van der Waals surface area contributed by atoms with E-state index in [1.165, 1.54) is 6.07 Å². The number of hydrogen-bond donors (Lipinski definition) is 2. The molecule has 2 aliphatic rings. The summed E-state index contributed by atoms with van der Waals surface area (Å²) >= 11 is 1.56. The van der Waals surface area contributed by atoms with Gasteiger partial charge in [0.1, 0.15) is 0 Å². The van der Waals surface area contributed by atoms with Crippen LogP contribution in [-0.4, -0.2) is 26.1 Å². The van der Waals surface area contributed by atoms with Crippen LogP contribution in [0.4, 0.5) is 5.69 Å². The van der Waals surface area contributed by atoms with Gasteiger partial charge in [-0.25, -0.2) is 13.1 Å². The van der Waals surface area contributed by atoms with E-state index in [1.807, 2.05) is 0 Å². The molecule has 102 valence electrons. The van der Waals surface area contributed by atoms with E-state index in [9.17, 15) is 13.2 Å². The minimum absolute atomic E-state index is 0.0732. The molecule has 1 saturated carbocycles. The number of anilines is 1. The molecule has 0 radical (unpaired) electrons. The lowest BCUT2D eigenvalue weighted by molar-refractivity contribution is -0.115. The van der Waals surface area contributed by atoms with E-state index in [0.717, 1.165) is 17.7 Å². The van der Waals surface area contributed by atoms with Gasteiger partial charge in [-0.1, -0.05) is 0 Å². The third kappa shape index (κ3) is 2.93. The van der Waals surface area contributed by atoms with Crippen molar-refractivity contribution in [3.63, 3.8) is 0 Å². The highest BCUT2D eigenvalue weighted by molar-refractivity contribution is 7.99. The predicted molar refractivity (Wildman–Crippen MR) is 73.8 cm³/mol. The molecular weight excluding hydrogens is 284 g/mol. The standard InChI is InChI=1S/C12H14N2O3S2/c15-12-5-6-18-11-4-3-9(7-10(11)13-12)19(16,17)14-8-1-2-8/h3-4,7-8,14H,1-2,5-6H2,(H,13,15). The normalized spacial score (nSPS) is 19.5. The Morgan fingerprint density at radius 2 is 2.11 bits per heavy atom. The summed E-state index contributed by atoms with van der Waals surface area (Å²) in [6, 6.07) is 4.96. The third-order valence-electron chi connectivity index (χ3n) is 3.02. The van der Waals surface area contributed by atoms with Crippen LogP contribution in [0.15, 0.2) is 28.0 Å². The van der Waals surface area contributed by atoms with E-state index >= 15 is 0 Å². The van der Waals surface area contributed by atoms with Gasteiger partial charge in [-0.3, -0.25) is 4.79 Å². The summed E-state index contributed by atoms with van der Waals surface area (Å²) in [5.74, 6) is 0.640. The zero-order valence-electron chi connectivity index (χ0n) is 10.2. The Bertz CT molecular complexity index is 624. The molecule has 1 heterocycles. The van der Waals surface area contributed by atoms with Crippen molar-refractivity contribution < 1.29 is 13.2 Å². The number of rotatable bonds is 3. The van der Waals surface area contributed by atoms with Gasteiger partial charge in [-0.15, -0.1) is 11.8 Å². The van der Waals surface area contributed by atoms with Crippen LogP contribution in [0.3, 0.4) is 0 Å². The Morgan fingerprint density at radius 3 is 2.84 bits per heavy atom. The van der Waals surface area contributed by atoms with Crippen LogP contribution in [0.5, 0.6) is 0 Å². The van der Waals surface area contributed by atoms with E-state index in [2.05, 4.69) is 10.0 Å². The van der Waals surface area contributed by atoms with Crippen molar-refractivity contribution >= 4 is 33.4 Å². The highest BCUT2D eigenvalue weighted by atomic mass is 32.2. The van der Waals surface area contributed by atoms with Crippen LogP contribution in [0, 0.1) is 0 Å². The van der Waals surface area contributed by atoms with E-state index in [1.54, 1.807) is 23.9 Å². The van der Waals surface area contributed by atoms with Gasteiger partial charge in [0.05, 0.1) is 10.6 Å². The van der Waals surface area contributed by atoms with Gasteiger partial charge in [0.2, 0.25) is 15.9 Å². The fraction of sp³-hybridized carbons (Fsp3) is 0.417. The van der Waals surface area contributed by atoms with Gasteiger partial charge in [-0.2, -0.15) is 0 Å². The van der Waals surface area contributed by atoms with Crippen LogP contribution >= 0.6 is 11.8 Å². The average Bonchev–Trinajstić information content (AvgIpc) is 3.14. The van der Waals surface area contributed by atoms with Gasteiger partial charge in [0.15, 0.2) is 0 Å². The number of nitrogens with one attached hydrogen (secondary N) is 2. The first-order chi connectivity index (χ1) is 9.04. The van der Waals surface area contributed by atoms with Crippen molar-refractivity contribution in [3.8, 4) is 0 Å². The van der Waals surface area contributed by atoms with Crippen molar-refractivity contribution in [2.75, 3.05) is 11.1 Å². The molecule has 0 atom stereocenters. The van der Waals surface area contributed by atoms with E-state index in [0.29, 0.717) is 17.9 Å². The Morgan fingerprint density at radius 1 is 1.32 bits per heavy atom. The van der Waals surface area contributed by atoms with Crippen molar-refractivity contribution in [1.29, 1.82) is 0 Å². The molecule has 0 unspecified atom stereocenters. The summed E-state index contributed by atoms with van der Waals surface area (Å²) in [5.41, 5.74) is 0.589. The Hall–Kier alpha value is -1.05. The number of hydrogen-bond acceptors (Lipinski definition) is 4. The largest absolute Gasteiger partial charge is 0.325 e. The molecule has 1 fully saturated rings. The number of benzene rings is 1. The van der Waals surface area contributed by atoms with Gasteiger partial charge in [0, 0.05) is 23.1 Å². The number of carbonyl (C=O) groups excluding carboxylic acids is 1. The van der Waals surface area contributed by atoms with Gasteiger partial charge >= 0.3 is 0 Å². The maximum atomic E-state index is 12.1. The molecule has 0 saturated heterocycles. The van der Waals surface area contributed by atoms with Gasteiger partial charge < -0.3 is 5.32 Å². The van der Waals surface area contributed by atoms with Crippen molar-refractivity contribution in [2.24, 2.45) is 0 Å².